The van der Waals surface area contributed by atoms with Gasteiger partial charge in [0, 0.05) is 26.2 Å². The summed E-state index contributed by atoms with van der Waals surface area (Å²) >= 11 is 0. The Morgan fingerprint density at radius 3 is 2.43 bits per heavy atom. The topological polar surface area (TPSA) is 70.2 Å². The van der Waals surface area contributed by atoms with Gasteiger partial charge in [-0.25, -0.2) is 0 Å². The van der Waals surface area contributed by atoms with Crippen molar-refractivity contribution in [2.24, 2.45) is 5.92 Å². The van der Waals surface area contributed by atoms with Crippen molar-refractivity contribution in [3.05, 3.63) is 29.8 Å². The molecule has 0 fully saturated rings. The maximum absolute atomic E-state index is 11.9. The molecule has 0 aliphatic heterocycles. The van der Waals surface area contributed by atoms with E-state index in [0.717, 1.165) is 17.7 Å². The zero-order chi connectivity index (χ0) is 15.8. The number of carbonyl (C=O) groups is 2. The van der Waals surface area contributed by atoms with Crippen molar-refractivity contribution < 1.29 is 9.59 Å². The van der Waals surface area contributed by atoms with Crippen molar-refractivity contribution in [3.8, 4) is 0 Å². The lowest BCUT2D eigenvalue weighted by Gasteiger charge is -2.20. The predicted octanol–water partition coefficient (Wildman–Crippen LogP) is 1.90. The highest BCUT2D eigenvalue weighted by Crippen LogP contribution is 2.15. The van der Waals surface area contributed by atoms with Gasteiger partial charge < -0.3 is 16.0 Å². The molecule has 0 spiro atoms. The number of para-hydroxylation sites is 1. The van der Waals surface area contributed by atoms with E-state index in [1.165, 1.54) is 6.92 Å². The van der Waals surface area contributed by atoms with E-state index < -0.39 is 0 Å². The number of hydrogen-bond donors (Lipinski definition) is 3. The normalized spacial score (nSPS) is 12.0. The van der Waals surface area contributed by atoms with E-state index in [1.54, 1.807) is 7.05 Å². The van der Waals surface area contributed by atoms with Gasteiger partial charge in [0.2, 0.25) is 11.8 Å². The minimum Gasteiger partial charge on any atom is -0.358 e. The van der Waals surface area contributed by atoms with E-state index in [9.17, 15) is 9.59 Å². The number of anilines is 1. The molecule has 5 nitrogen and oxygen atoms in total. The summed E-state index contributed by atoms with van der Waals surface area (Å²) in [7, 11) is 1.64. The number of carbonyl (C=O) groups excluding carboxylic acids is 2. The fourth-order valence-corrected chi connectivity index (χ4v) is 2.15. The van der Waals surface area contributed by atoms with Gasteiger partial charge in [0.15, 0.2) is 0 Å². The quantitative estimate of drug-likeness (QED) is 0.718. The molecule has 3 N–H and O–H groups in total. The number of likely N-dealkylation sites (N-methyl/N-ethyl adjacent to an activating group) is 1. The molecular formula is C16H25N3O2. The molecular weight excluding hydrogens is 266 g/mol. The van der Waals surface area contributed by atoms with Crippen LogP contribution in [0.2, 0.25) is 0 Å². The molecule has 2 amide bonds. The zero-order valence-electron chi connectivity index (χ0n) is 13.2. The van der Waals surface area contributed by atoms with E-state index in [0.29, 0.717) is 12.5 Å². The molecule has 1 atom stereocenters. The molecule has 0 saturated carbocycles. The minimum atomic E-state index is -0.236. The summed E-state index contributed by atoms with van der Waals surface area (Å²) in [5.74, 6) is 0.304. The van der Waals surface area contributed by atoms with Crippen molar-refractivity contribution in [2.75, 3.05) is 12.4 Å². The Hall–Kier alpha value is -1.88. The highest BCUT2D eigenvalue weighted by Gasteiger charge is 2.18. The number of amides is 2. The third-order valence-electron chi connectivity index (χ3n) is 3.14. The zero-order valence-corrected chi connectivity index (χ0v) is 13.2. The van der Waals surface area contributed by atoms with Crippen LogP contribution < -0.4 is 16.0 Å². The van der Waals surface area contributed by atoms with Crippen LogP contribution >= 0.6 is 0 Å². The second-order valence-corrected chi connectivity index (χ2v) is 5.52. The molecule has 0 saturated heterocycles. The first kappa shape index (κ1) is 17.2. The van der Waals surface area contributed by atoms with E-state index in [1.807, 2.05) is 24.3 Å². The first-order valence-electron chi connectivity index (χ1n) is 7.24. The van der Waals surface area contributed by atoms with Crippen LogP contribution in [0.4, 0.5) is 5.69 Å². The Labute approximate surface area is 126 Å². The highest BCUT2D eigenvalue weighted by molar-refractivity contribution is 5.89. The monoisotopic (exact) mass is 291 g/mol. The molecule has 0 aromatic heterocycles. The Morgan fingerprint density at radius 2 is 1.86 bits per heavy atom. The number of nitrogens with one attached hydrogen (secondary N) is 3. The van der Waals surface area contributed by atoms with Crippen LogP contribution in [0.5, 0.6) is 0 Å². The van der Waals surface area contributed by atoms with Gasteiger partial charge in [-0.05, 0) is 24.0 Å². The molecule has 1 unspecified atom stereocenters. The van der Waals surface area contributed by atoms with Crippen LogP contribution in [-0.4, -0.2) is 24.9 Å². The maximum atomic E-state index is 11.9. The Morgan fingerprint density at radius 1 is 1.19 bits per heavy atom. The van der Waals surface area contributed by atoms with Crippen molar-refractivity contribution in [1.29, 1.82) is 0 Å². The van der Waals surface area contributed by atoms with Crippen LogP contribution in [0, 0.1) is 5.92 Å². The molecule has 0 aliphatic rings. The van der Waals surface area contributed by atoms with Crippen molar-refractivity contribution in [3.63, 3.8) is 0 Å². The largest absolute Gasteiger partial charge is 0.358 e. The smallest absolute Gasteiger partial charge is 0.236 e. The van der Waals surface area contributed by atoms with E-state index in [2.05, 4.69) is 29.8 Å². The average molecular weight is 291 g/mol. The highest BCUT2D eigenvalue weighted by atomic mass is 16.2. The van der Waals surface area contributed by atoms with Crippen molar-refractivity contribution in [2.45, 2.75) is 39.8 Å². The maximum Gasteiger partial charge on any atom is 0.236 e. The Balaban J connectivity index is 2.75. The molecule has 1 aromatic rings. The molecule has 116 valence electrons. The summed E-state index contributed by atoms with van der Waals surface area (Å²) in [5, 5.41) is 8.75. The fourth-order valence-electron chi connectivity index (χ4n) is 2.15. The van der Waals surface area contributed by atoms with Crippen LogP contribution in [0.15, 0.2) is 24.3 Å². The summed E-state index contributed by atoms with van der Waals surface area (Å²) in [6.45, 7) is 6.18. The summed E-state index contributed by atoms with van der Waals surface area (Å²) < 4.78 is 0. The summed E-state index contributed by atoms with van der Waals surface area (Å²) in [5.41, 5.74) is 1.74. The SMILES string of the molecule is CNC(=O)C(CC(C)C)NCc1ccccc1NC(C)=O. The third kappa shape index (κ3) is 5.95. The van der Waals surface area contributed by atoms with Crippen molar-refractivity contribution in [1.82, 2.24) is 10.6 Å². The first-order valence-corrected chi connectivity index (χ1v) is 7.24. The molecule has 21 heavy (non-hydrogen) atoms. The van der Waals surface area contributed by atoms with Gasteiger partial charge in [-0.2, -0.15) is 0 Å². The first-order chi connectivity index (χ1) is 9.93. The van der Waals surface area contributed by atoms with Gasteiger partial charge in [-0.3, -0.25) is 9.59 Å². The second kappa shape index (κ2) is 8.42. The lowest BCUT2D eigenvalue weighted by molar-refractivity contribution is -0.123. The average Bonchev–Trinajstić information content (AvgIpc) is 2.43. The van der Waals surface area contributed by atoms with Crippen LogP contribution in [0.25, 0.3) is 0 Å². The summed E-state index contributed by atoms with van der Waals surface area (Å²) in [6, 6.07) is 7.35. The van der Waals surface area contributed by atoms with Gasteiger partial charge in [0.25, 0.3) is 0 Å². The van der Waals surface area contributed by atoms with Crippen LogP contribution in [0.3, 0.4) is 0 Å². The molecule has 0 heterocycles. The molecule has 1 rings (SSSR count). The van der Waals surface area contributed by atoms with E-state index >= 15 is 0 Å². The molecule has 1 aromatic carbocycles. The molecule has 0 aliphatic carbocycles. The molecule has 0 radical (unpaired) electrons. The fraction of sp³-hybridized carbons (Fsp3) is 0.500. The molecule has 5 heteroatoms. The third-order valence-corrected chi connectivity index (χ3v) is 3.14. The van der Waals surface area contributed by atoms with Crippen molar-refractivity contribution >= 4 is 17.5 Å². The van der Waals surface area contributed by atoms with Gasteiger partial charge in [0.1, 0.15) is 0 Å². The van der Waals surface area contributed by atoms with Gasteiger partial charge in [0.05, 0.1) is 6.04 Å². The van der Waals surface area contributed by atoms with Crippen LogP contribution in [0.1, 0.15) is 32.8 Å². The minimum absolute atomic E-state index is 0.0132. The Bertz CT molecular complexity index is 486. The lowest BCUT2D eigenvalue weighted by Crippen LogP contribution is -2.43. The number of rotatable bonds is 7. The lowest BCUT2D eigenvalue weighted by atomic mass is 10.0. The summed E-state index contributed by atoms with van der Waals surface area (Å²) in [6.07, 6.45) is 0.766. The molecule has 0 bridgehead atoms. The summed E-state index contributed by atoms with van der Waals surface area (Å²) in [4.78, 5) is 23.1. The number of benzene rings is 1. The van der Waals surface area contributed by atoms with Crippen LogP contribution in [-0.2, 0) is 16.1 Å². The van der Waals surface area contributed by atoms with Gasteiger partial charge in [-0.1, -0.05) is 32.0 Å². The van der Waals surface area contributed by atoms with Gasteiger partial charge in [-0.15, -0.1) is 0 Å². The van der Waals surface area contributed by atoms with Gasteiger partial charge >= 0.3 is 0 Å². The second-order valence-electron chi connectivity index (χ2n) is 5.52. The standard InChI is InChI=1S/C16H25N3O2/c1-11(2)9-15(16(21)17-4)18-10-13-7-5-6-8-14(13)19-12(3)20/h5-8,11,15,18H,9-10H2,1-4H3,(H,17,21)(H,19,20). The predicted molar refractivity (Wildman–Crippen MR) is 84.9 cm³/mol. The Kier molecular flexibility index (Phi) is 6.88. The number of hydrogen-bond acceptors (Lipinski definition) is 3. The van der Waals surface area contributed by atoms with E-state index in [4.69, 9.17) is 0 Å². The van der Waals surface area contributed by atoms with E-state index in [-0.39, 0.29) is 17.9 Å².